The molecule has 1 fully saturated rings. The minimum Gasteiger partial charge on any atom is -0.378 e. The van der Waals surface area contributed by atoms with E-state index < -0.39 is 17.6 Å². The summed E-state index contributed by atoms with van der Waals surface area (Å²) < 4.78 is 44.8. The number of halogens is 3. The van der Waals surface area contributed by atoms with Crippen molar-refractivity contribution in [2.24, 2.45) is 5.73 Å². The average molecular weight is 407 g/mol. The van der Waals surface area contributed by atoms with Crippen molar-refractivity contribution in [1.82, 2.24) is 4.98 Å². The monoisotopic (exact) mass is 407 g/mol. The van der Waals surface area contributed by atoms with Crippen molar-refractivity contribution in [1.29, 1.82) is 0 Å². The van der Waals surface area contributed by atoms with Crippen molar-refractivity contribution in [3.8, 4) is 10.6 Å². The van der Waals surface area contributed by atoms with Crippen LogP contribution < -0.4 is 10.6 Å². The highest BCUT2D eigenvalue weighted by atomic mass is 32.1. The van der Waals surface area contributed by atoms with Gasteiger partial charge >= 0.3 is 6.18 Å². The van der Waals surface area contributed by atoms with Crippen LogP contribution in [0.1, 0.15) is 15.9 Å². The Balaban J connectivity index is 1.84. The molecule has 0 unspecified atom stereocenters. The summed E-state index contributed by atoms with van der Waals surface area (Å²) in [6.45, 7) is 2.50. The first-order valence-corrected chi connectivity index (χ1v) is 9.39. The first-order chi connectivity index (χ1) is 13.3. The molecule has 1 amide bonds. The van der Waals surface area contributed by atoms with Crippen LogP contribution in [0, 0.1) is 0 Å². The van der Waals surface area contributed by atoms with E-state index in [0.717, 1.165) is 29.2 Å². The Labute approximate surface area is 162 Å². The van der Waals surface area contributed by atoms with Gasteiger partial charge in [-0.1, -0.05) is 0 Å². The molecule has 5 nitrogen and oxygen atoms in total. The number of thiazole rings is 1. The smallest absolute Gasteiger partial charge is 0.378 e. The standard InChI is InChI=1S/C19H16F3N3O2S/c20-19(21,22)12-2-3-14-16(10-12)28-18(24-14)13-9-11(17(23)26)1-4-15(13)25-5-7-27-8-6-25/h1-4,9-10H,5-8H2,(H2,23,26). The quantitative estimate of drug-likeness (QED) is 0.715. The van der Waals surface area contributed by atoms with Crippen LogP contribution in [0.3, 0.4) is 0 Å². The second-order valence-electron chi connectivity index (χ2n) is 6.39. The number of aromatic nitrogens is 1. The third kappa shape index (κ3) is 3.55. The predicted octanol–water partition coefficient (Wildman–Crippen LogP) is 3.92. The zero-order valence-electron chi connectivity index (χ0n) is 14.6. The number of carbonyl (C=O) groups is 1. The van der Waals surface area contributed by atoms with E-state index in [9.17, 15) is 18.0 Å². The molecule has 28 heavy (non-hydrogen) atoms. The topological polar surface area (TPSA) is 68.5 Å². The van der Waals surface area contributed by atoms with E-state index in [4.69, 9.17) is 10.5 Å². The lowest BCUT2D eigenvalue weighted by atomic mass is 10.1. The van der Waals surface area contributed by atoms with Gasteiger partial charge in [-0.3, -0.25) is 4.79 Å². The number of morpholine rings is 1. The van der Waals surface area contributed by atoms with Crippen LogP contribution in [0.15, 0.2) is 36.4 Å². The average Bonchev–Trinajstić information content (AvgIpc) is 3.10. The molecule has 1 saturated heterocycles. The fourth-order valence-corrected chi connectivity index (χ4v) is 4.19. The van der Waals surface area contributed by atoms with Gasteiger partial charge in [0.15, 0.2) is 0 Å². The second-order valence-corrected chi connectivity index (χ2v) is 7.43. The third-order valence-electron chi connectivity index (χ3n) is 4.58. The molecule has 3 aromatic rings. The first kappa shape index (κ1) is 18.7. The maximum absolute atomic E-state index is 13.0. The number of fused-ring (bicyclic) bond motifs is 1. The number of nitrogens with two attached hydrogens (primary N) is 1. The number of rotatable bonds is 3. The molecule has 2 heterocycles. The number of primary amides is 1. The molecule has 0 aliphatic carbocycles. The van der Waals surface area contributed by atoms with Gasteiger partial charge in [-0.05, 0) is 36.4 Å². The molecule has 0 bridgehead atoms. The highest BCUT2D eigenvalue weighted by Gasteiger charge is 2.31. The van der Waals surface area contributed by atoms with Crippen molar-refractivity contribution in [2.45, 2.75) is 6.18 Å². The van der Waals surface area contributed by atoms with Gasteiger partial charge in [0.05, 0.1) is 29.0 Å². The van der Waals surface area contributed by atoms with Crippen LogP contribution in [0.5, 0.6) is 0 Å². The Bertz CT molecular complexity index is 1040. The molecule has 1 aliphatic rings. The number of carbonyl (C=O) groups excluding carboxylic acids is 1. The molecule has 0 spiro atoms. The Kier molecular flexibility index (Phi) is 4.72. The van der Waals surface area contributed by atoms with Crippen LogP contribution in [0.4, 0.5) is 18.9 Å². The number of alkyl halides is 3. The number of hydrogen-bond acceptors (Lipinski definition) is 5. The normalized spacial score (nSPS) is 15.2. The first-order valence-electron chi connectivity index (χ1n) is 8.57. The van der Waals surface area contributed by atoms with Gasteiger partial charge in [0, 0.05) is 29.9 Å². The maximum atomic E-state index is 13.0. The van der Waals surface area contributed by atoms with E-state index in [2.05, 4.69) is 9.88 Å². The molecular formula is C19H16F3N3O2S. The molecule has 0 atom stereocenters. The zero-order chi connectivity index (χ0) is 19.9. The van der Waals surface area contributed by atoms with Gasteiger partial charge in [0.1, 0.15) is 5.01 Å². The van der Waals surface area contributed by atoms with Crippen molar-refractivity contribution in [2.75, 3.05) is 31.2 Å². The van der Waals surface area contributed by atoms with Crippen molar-refractivity contribution in [3.63, 3.8) is 0 Å². The molecule has 2 N–H and O–H groups in total. The Morgan fingerprint density at radius 3 is 2.57 bits per heavy atom. The molecule has 1 aromatic heterocycles. The summed E-state index contributed by atoms with van der Waals surface area (Å²) in [5.41, 5.74) is 7.03. The lowest BCUT2D eigenvalue weighted by Crippen LogP contribution is -2.36. The zero-order valence-corrected chi connectivity index (χ0v) is 15.4. The van der Waals surface area contributed by atoms with Gasteiger partial charge in [-0.2, -0.15) is 13.2 Å². The highest BCUT2D eigenvalue weighted by molar-refractivity contribution is 7.21. The number of benzene rings is 2. The Morgan fingerprint density at radius 2 is 1.89 bits per heavy atom. The maximum Gasteiger partial charge on any atom is 0.416 e. The third-order valence-corrected chi connectivity index (χ3v) is 5.63. The summed E-state index contributed by atoms with van der Waals surface area (Å²) in [5.74, 6) is -0.574. The lowest BCUT2D eigenvalue weighted by molar-refractivity contribution is -0.137. The van der Waals surface area contributed by atoms with Crippen molar-refractivity contribution >= 4 is 33.1 Å². The Morgan fingerprint density at radius 1 is 1.14 bits per heavy atom. The van der Waals surface area contributed by atoms with Gasteiger partial charge < -0.3 is 15.4 Å². The summed E-state index contributed by atoms with van der Waals surface area (Å²) in [4.78, 5) is 18.3. The number of hydrogen-bond donors (Lipinski definition) is 1. The van der Waals surface area contributed by atoms with Crippen molar-refractivity contribution in [3.05, 3.63) is 47.5 Å². The molecule has 0 saturated carbocycles. The number of amides is 1. The Hall–Kier alpha value is -2.65. The fraction of sp³-hybridized carbons (Fsp3) is 0.263. The van der Waals surface area contributed by atoms with Crippen LogP contribution in [-0.2, 0) is 10.9 Å². The number of anilines is 1. The summed E-state index contributed by atoms with van der Waals surface area (Å²) in [6.07, 6.45) is -4.41. The molecular weight excluding hydrogens is 391 g/mol. The minimum absolute atomic E-state index is 0.322. The largest absolute Gasteiger partial charge is 0.416 e. The molecule has 2 aromatic carbocycles. The number of nitrogens with zero attached hydrogens (tertiary/aromatic N) is 2. The van der Waals surface area contributed by atoms with E-state index in [1.807, 2.05) is 0 Å². The van der Waals surface area contributed by atoms with Crippen molar-refractivity contribution < 1.29 is 22.7 Å². The summed E-state index contributed by atoms with van der Waals surface area (Å²) in [5, 5.41) is 0.541. The summed E-state index contributed by atoms with van der Waals surface area (Å²) in [7, 11) is 0. The van der Waals surface area contributed by atoms with Crippen LogP contribution in [0.2, 0.25) is 0 Å². The van der Waals surface area contributed by atoms with E-state index in [1.165, 1.54) is 6.07 Å². The van der Waals surface area contributed by atoms with Crippen LogP contribution >= 0.6 is 11.3 Å². The highest BCUT2D eigenvalue weighted by Crippen LogP contribution is 2.39. The summed E-state index contributed by atoms with van der Waals surface area (Å²) >= 11 is 1.16. The van der Waals surface area contributed by atoms with Crippen LogP contribution in [0.25, 0.3) is 20.8 Å². The van der Waals surface area contributed by atoms with Gasteiger partial charge in [-0.15, -0.1) is 11.3 Å². The molecule has 9 heteroatoms. The number of ether oxygens (including phenoxy) is 1. The van der Waals surface area contributed by atoms with E-state index in [-0.39, 0.29) is 0 Å². The molecule has 146 valence electrons. The fourth-order valence-electron chi connectivity index (χ4n) is 3.16. The molecule has 0 radical (unpaired) electrons. The van der Waals surface area contributed by atoms with E-state index in [0.29, 0.717) is 52.7 Å². The lowest BCUT2D eigenvalue weighted by Gasteiger charge is -2.30. The predicted molar refractivity (Wildman–Crippen MR) is 102 cm³/mol. The van der Waals surface area contributed by atoms with Gasteiger partial charge in [-0.25, -0.2) is 4.98 Å². The summed E-state index contributed by atoms with van der Waals surface area (Å²) in [6, 6.07) is 8.58. The SMILES string of the molecule is NC(=O)c1ccc(N2CCOCC2)c(-c2nc3ccc(C(F)(F)F)cc3s2)c1. The van der Waals surface area contributed by atoms with E-state index in [1.54, 1.807) is 18.2 Å². The second kappa shape index (κ2) is 7.06. The molecule has 4 rings (SSSR count). The van der Waals surface area contributed by atoms with Crippen LogP contribution in [-0.4, -0.2) is 37.2 Å². The molecule has 1 aliphatic heterocycles. The van der Waals surface area contributed by atoms with Gasteiger partial charge in [0.25, 0.3) is 0 Å². The van der Waals surface area contributed by atoms with Gasteiger partial charge in [0.2, 0.25) is 5.91 Å². The van der Waals surface area contributed by atoms with E-state index >= 15 is 0 Å². The minimum atomic E-state index is -4.41.